The van der Waals surface area contributed by atoms with E-state index < -0.39 is 29.7 Å². The van der Waals surface area contributed by atoms with Crippen LogP contribution in [0, 0.1) is 0 Å². The molecule has 2 amide bonds. The number of anilines is 3. The van der Waals surface area contributed by atoms with Crippen LogP contribution < -0.4 is 15.5 Å². The van der Waals surface area contributed by atoms with E-state index in [1.165, 1.54) is 19.1 Å². The summed E-state index contributed by atoms with van der Waals surface area (Å²) < 4.78 is 15.9. The molecule has 1 saturated heterocycles. The molecule has 1 aliphatic heterocycles. The third-order valence-corrected chi connectivity index (χ3v) is 4.91. The quantitative estimate of drug-likeness (QED) is 0.615. The maximum Gasteiger partial charge on any atom is 0.412 e. The van der Waals surface area contributed by atoms with Crippen LogP contribution in [-0.4, -0.2) is 56.0 Å². The van der Waals surface area contributed by atoms with Crippen molar-refractivity contribution < 1.29 is 28.6 Å². The van der Waals surface area contributed by atoms with E-state index >= 15 is 0 Å². The van der Waals surface area contributed by atoms with Crippen LogP contribution >= 0.6 is 0 Å². The predicted molar refractivity (Wildman–Crippen MR) is 129 cm³/mol. The Balaban J connectivity index is 1.53. The fourth-order valence-electron chi connectivity index (χ4n) is 3.25. The first-order chi connectivity index (χ1) is 16.1. The molecule has 1 fully saturated rings. The number of morpholine rings is 1. The van der Waals surface area contributed by atoms with Gasteiger partial charge in [0.2, 0.25) is 0 Å². The first kappa shape index (κ1) is 25.0. The van der Waals surface area contributed by atoms with Crippen LogP contribution in [0.4, 0.5) is 21.9 Å². The van der Waals surface area contributed by atoms with Crippen molar-refractivity contribution in [3.63, 3.8) is 0 Å². The van der Waals surface area contributed by atoms with Gasteiger partial charge in [0.05, 0.1) is 18.8 Å². The van der Waals surface area contributed by atoms with Gasteiger partial charge in [0.25, 0.3) is 5.91 Å². The lowest BCUT2D eigenvalue weighted by molar-refractivity contribution is -0.123. The number of esters is 1. The highest BCUT2D eigenvalue weighted by atomic mass is 16.6. The molecular formula is C25H31N3O6. The molecule has 0 bridgehead atoms. The van der Waals surface area contributed by atoms with Crippen LogP contribution in [0.5, 0.6) is 0 Å². The Kier molecular flexibility index (Phi) is 8.12. The number of hydrogen-bond donors (Lipinski definition) is 2. The summed E-state index contributed by atoms with van der Waals surface area (Å²) in [7, 11) is 0. The number of carbonyl (C=O) groups excluding carboxylic acids is 3. The van der Waals surface area contributed by atoms with E-state index in [1.807, 2.05) is 24.3 Å². The van der Waals surface area contributed by atoms with Crippen molar-refractivity contribution in [2.45, 2.75) is 39.4 Å². The second kappa shape index (κ2) is 11.0. The second-order valence-electron chi connectivity index (χ2n) is 8.89. The van der Waals surface area contributed by atoms with Crippen molar-refractivity contribution in [1.29, 1.82) is 0 Å². The minimum absolute atomic E-state index is 0.197. The number of carbonyl (C=O) groups is 3. The van der Waals surface area contributed by atoms with E-state index in [0.29, 0.717) is 24.6 Å². The smallest absolute Gasteiger partial charge is 0.412 e. The van der Waals surface area contributed by atoms with Gasteiger partial charge in [-0.2, -0.15) is 0 Å². The van der Waals surface area contributed by atoms with Crippen molar-refractivity contribution in [1.82, 2.24) is 0 Å². The highest BCUT2D eigenvalue weighted by Gasteiger charge is 2.21. The van der Waals surface area contributed by atoms with Gasteiger partial charge in [0.1, 0.15) is 5.60 Å². The average Bonchev–Trinajstić information content (AvgIpc) is 2.79. The zero-order valence-corrected chi connectivity index (χ0v) is 19.9. The Hall–Kier alpha value is -3.59. The number of benzene rings is 2. The lowest BCUT2D eigenvalue weighted by atomic mass is 10.2. The van der Waals surface area contributed by atoms with Crippen molar-refractivity contribution in [3.8, 4) is 0 Å². The second-order valence-corrected chi connectivity index (χ2v) is 8.89. The zero-order valence-electron chi connectivity index (χ0n) is 19.9. The lowest BCUT2D eigenvalue weighted by Crippen LogP contribution is -2.36. The van der Waals surface area contributed by atoms with Gasteiger partial charge in [-0.15, -0.1) is 0 Å². The molecule has 1 atom stereocenters. The molecule has 0 aliphatic carbocycles. The molecule has 0 unspecified atom stereocenters. The van der Waals surface area contributed by atoms with Crippen LogP contribution in [-0.2, 0) is 19.0 Å². The third-order valence-electron chi connectivity index (χ3n) is 4.91. The van der Waals surface area contributed by atoms with E-state index in [4.69, 9.17) is 14.2 Å². The monoisotopic (exact) mass is 469 g/mol. The lowest BCUT2D eigenvalue weighted by Gasteiger charge is -2.28. The number of ether oxygens (including phenoxy) is 3. The molecule has 1 aliphatic rings. The zero-order chi connectivity index (χ0) is 24.7. The number of rotatable bonds is 6. The van der Waals surface area contributed by atoms with Gasteiger partial charge >= 0.3 is 12.1 Å². The third kappa shape index (κ3) is 7.48. The molecule has 9 nitrogen and oxygen atoms in total. The van der Waals surface area contributed by atoms with Gasteiger partial charge in [-0.1, -0.05) is 6.07 Å². The van der Waals surface area contributed by atoms with Gasteiger partial charge in [-0.25, -0.2) is 9.59 Å². The van der Waals surface area contributed by atoms with E-state index in [-0.39, 0.29) is 5.56 Å². The van der Waals surface area contributed by atoms with Gasteiger partial charge in [0.15, 0.2) is 6.10 Å². The van der Waals surface area contributed by atoms with Crippen LogP contribution in [0.3, 0.4) is 0 Å². The minimum atomic E-state index is -1.02. The van der Waals surface area contributed by atoms with Crippen molar-refractivity contribution in [2.75, 3.05) is 41.8 Å². The molecule has 34 heavy (non-hydrogen) atoms. The Morgan fingerprint density at radius 1 is 0.971 bits per heavy atom. The predicted octanol–water partition coefficient (Wildman–Crippen LogP) is 4.05. The molecule has 0 saturated carbocycles. The summed E-state index contributed by atoms with van der Waals surface area (Å²) in [4.78, 5) is 39.2. The van der Waals surface area contributed by atoms with E-state index in [9.17, 15) is 14.4 Å². The Morgan fingerprint density at radius 2 is 1.65 bits per heavy atom. The molecule has 2 aromatic rings. The van der Waals surface area contributed by atoms with Gasteiger partial charge in [-0.05, 0) is 70.2 Å². The number of nitrogens with zero attached hydrogens (tertiary/aromatic N) is 1. The van der Waals surface area contributed by atoms with Crippen LogP contribution in [0.1, 0.15) is 38.1 Å². The topological polar surface area (TPSA) is 106 Å². The van der Waals surface area contributed by atoms with Gasteiger partial charge < -0.3 is 24.4 Å². The average molecular weight is 470 g/mol. The minimum Gasteiger partial charge on any atom is -0.449 e. The molecule has 0 aromatic heterocycles. The Labute approximate surface area is 199 Å². The van der Waals surface area contributed by atoms with Crippen molar-refractivity contribution in [2.24, 2.45) is 0 Å². The van der Waals surface area contributed by atoms with Crippen molar-refractivity contribution >= 4 is 35.0 Å². The molecule has 1 heterocycles. The van der Waals surface area contributed by atoms with E-state index in [1.54, 1.807) is 32.9 Å². The fraction of sp³-hybridized carbons (Fsp3) is 0.400. The number of hydrogen-bond acceptors (Lipinski definition) is 7. The molecule has 9 heteroatoms. The highest BCUT2D eigenvalue weighted by Crippen LogP contribution is 2.20. The molecular weight excluding hydrogens is 438 g/mol. The summed E-state index contributed by atoms with van der Waals surface area (Å²) in [6.07, 6.45) is -1.65. The maximum atomic E-state index is 12.5. The molecule has 182 valence electrons. The van der Waals surface area contributed by atoms with Crippen LogP contribution in [0.25, 0.3) is 0 Å². The summed E-state index contributed by atoms with van der Waals surface area (Å²) in [5.74, 6) is -1.13. The first-order valence-electron chi connectivity index (χ1n) is 11.2. The van der Waals surface area contributed by atoms with Crippen LogP contribution in [0.15, 0.2) is 48.5 Å². The maximum absolute atomic E-state index is 12.5. The van der Waals surface area contributed by atoms with E-state index in [2.05, 4.69) is 15.5 Å². The molecule has 0 radical (unpaired) electrons. The molecule has 2 aromatic carbocycles. The van der Waals surface area contributed by atoms with Crippen LogP contribution in [0.2, 0.25) is 0 Å². The number of amides is 2. The van der Waals surface area contributed by atoms with E-state index in [0.717, 1.165) is 18.8 Å². The Bertz CT molecular complexity index is 1010. The SMILES string of the molecule is C[C@@H](OC(=O)c1cccc(NC(=O)OC(C)(C)C)c1)C(=O)Nc1ccc(N2CCOCC2)cc1. The standard InChI is InChI=1S/C25H31N3O6/c1-17(22(29)26-19-8-10-21(11-9-19)28-12-14-32-15-13-28)33-23(30)18-6-5-7-20(16-18)27-24(31)34-25(2,3)4/h5-11,16-17H,12-15H2,1-4H3,(H,26,29)(H,27,31)/t17-/m1/s1. The largest absolute Gasteiger partial charge is 0.449 e. The number of nitrogens with one attached hydrogen (secondary N) is 2. The Morgan fingerprint density at radius 3 is 2.29 bits per heavy atom. The summed E-state index contributed by atoms with van der Waals surface area (Å²) in [6, 6.07) is 13.7. The first-order valence-corrected chi connectivity index (χ1v) is 11.2. The van der Waals surface area contributed by atoms with Crippen molar-refractivity contribution in [3.05, 3.63) is 54.1 Å². The van der Waals surface area contributed by atoms with Gasteiger partial charge in [-0.3, -0.25) is 10.1 Å². The summed E-state index contributed by atoms with van der Waals surface area (Å²) >= 11 is 0. The highest BCUT2D eigenvalue weighted by molar-refractivity contribution is 5.98. The summed E-state index contributed by atoms with van der Waals surface area (Å²) in [5, 5.41) is 5.33. The molecule has 2 N–H and O–H groups in total. The molecule has 3 rings (SSSR count). The van der Waals surface area contributed by atoms with Gasteiger partial charge in [0, 0.05) is 30.2 Å². The summed E-state index contributed by atoms with van der Waals surface area (Å²) in [5.41, 5.74) is 1.59. The normalized spacial score (nSPS) is 14.6. The fourth-order valence-corrected chi connectivity index (χ4v) is 3.25. The molecule has 0 spiro atoms. The summed E-state index contributed by atoms with van der Waals surface area (Å²) in [6.45, 7) is 9.81.